The summed E-state index contributed by atoms with van der Waals surface area (Å²) in [6.07, 6.45) is -14.9. The van der Waals surface area contributed by atoms with Crippen molar-refractivity contribution in [2.45, 2.75) is 81.4 Å². The molecule has 2 fully saturated rings. The number of hydrogen-bond donors (Lipinski definition) is 7. The molecule has 0 aromatic heterocycles. The lowest BCUT2D eigenvalue weighted by Gasteiger charge is -2.51. The van der Waals surface area contributed by atoms with Gasteiger partial charge in [-0.15, -0.1) is 0 Å². The third kappa shape index (κ3) is 5.90. The Morgan fingerprint density at radius 1 is 1.09 bits per heavy atom. The number of rotatable bonds is 7. The Morgan fingerprint density at radius 2 is 1.69 bits per heavy atom. The number of carbonyl (C=O) groups is 2. The van der Waals surface area contributed by atoms with Gasteiger partial charge in [-0.25, -0.2) is 8.98 Å². The third-order valence-corrected chi connectivity index (χ3v) is 5.56. The second-order valence-electron chi connectivity index (χ2n) is 7.94. The molecule has 186 valence electrons. The highest BCUT2D eigenvalue weighted by atomic mass is 32.3. The lowest BCUT2D eigenvalue weighted by atomic mass is 9.84. The molecule has 1 amide bonds. The maximum absolute atomic E-state index is 11.8. The van der Waals surface area contributed by atoms with Crippen LogP contribution in [-0.2, 0) is 38.4 Å². The number of ether oxygens (including phenoxy) is 3. The van der Waals surface area contributed by atoms with E-state index in [-0.39, 0.29) is 0 Å². The minimum atomic E-state index is -5.16. The normalized spacial score (nSPS) is 39.9. The van der Waals surface area contributed by atoms with Crippen LogP contribution < -0.4 is 5.32 Å². The maximum Gasteiger partial charge on any atom is 0.397 e. The van der Waals surface area contributed by atoms with Crippen LogP contribution in [0.2, 0.25) is 0 Å². The van der Waals surface area contributed by atoms with E-state index in [1.54, 1.807) is 0 Å². The first-order chi connectivity index (χ1) is 14.6. The Kier molecular flexibility index (Phi) is 8.20. The standard InChI is InChI=1S/C16H27NO14S/c1-5(19)17-13-12(10(31-32(25,26)27)6(4-18)30-16(13,2)3)29-15-9(22)7(20)8(21)11(28-15)14(23)24/h6-13,15,18,20-22H,4H2,1-3H3,(H,17,19)(H,23,24)(H,25,26,27). The first-order valence-electron chi connectivity index (χ1n) is 9.38. The summed E-state index contributed by atoms with van der Waals surface area (Å²) in [5.74, 6) is -2.32. The Bertz CT molecular complexity index is 803. The fourth-order valence-electron chi connectivity index (χ4n) is 3.68. The molecule has 2 heterocycles. The summed E-state index contributed by atoms with van der Waals surface area (Å²) in [5.41, 5.74) is -1.35. The monoisotopic (exact) mass is 489 g/mol. The van der Waals surface area contributed by atoms with E-state index in [0.29, 0.717) is 0 Å². The molecular formula is C16H27NO14S. The molecule has 7 N–H and O–H groups in total. The zero-order valence-corrected chi connectivity index (χ0v) is 18.1. The van der Waals surface area contributed by atoms with Crippen molar-refractivity contribution in [3.05, 3.63) is 0 Å². The highest BCUT2D eigenvalue weighted by molar-refractivity contribution is 7.80. The topological polar surface area (TPSA) is 239 Å². The fourth-order valence-corrected chi connectivity index (χ4v) is 4.19. The summed E-state index contributed by atoms with van der Waals surface area (Å²) in [6.45, 7) is 3.19. The van der Waals surface area contributed by atoms with E-state index in [0.717, 1.165) is 6.92 Å². The van der Waals surface area contributed by atoms with E-state index >= 15 is 0 Å². The van der Waals surface area contributed by atoms with Gasteiger partial charge in [-0.3, -0.25) is 9.35 Å². The molecule has 9 unspecified atom stereocenters. The van der Waals surface area contributed by atoms with Gasteiger partial charge in [0.05, 0.1) is 18.2 Å². The van der Waals surface area contributed by atoms with Gasteiger partial charge in [0, 0.05) is 6.92 Å². The molecule has 15 nitrogen and oxygen atoms in total. The molecule has 0 aromatic carbocycles. The van der Waals surface area contributed by atoms with Crippen LogP contribution in [-0.4, -0.2) is 118 Å². The smallest absolute Gasteiger partial charge is 0.397 e. The predicted octanol–water partition coefficient (Wildman–Crippen LogP) is -3.87. The zero-order chi connectivity index (χ0) is 24.6. The quantitative estimate of drug-likeness (QED) is 0.169. The van der Waals surface area contributed by atoms with Crippen molar-refractivity contribution >= 4 is 22.3 Å². The minimum Gasteiger partial charge on any atom is -0.479 e. The number of aliphatic carboxylic acids is 1. The lowest BCUT2D eigenvalue weighted by Crippen LogP contribution is -2.71. The highest BCUT2D eigenvalue weighted by Gasteiger charge is 2.56. The molecule has 0 aromatic rings. The van der Waals surface area contributed by atoms with Crippen molar-refractivity contribution < 1.29 is 66.5 Å². The Hall–Kier alpha value is -1.47. The van der Waals surface area contributed by atoms with Gasteiger partial charge >= 0.3 is 16.4 Å². The van der Waals surface area contributed by atoms with E-state index in [1.165, 1.54) is 13.8 Å². The van der Waals surface area contributed by atoms with E-state index in [4.69, 9.17) is 14.2 Å². The molecule has 0 spiro atoms. The van der Waals surface area contributed by atoms with Crippen molar-refractivity contribution in [2.75, 3.05) is 6.61 Å². The van der Waals surface area contributed by atoms with Crippen LogP contribution in [0.15, 0.2) is 0 Å². The van der Waals surface area contributed by atoms with E-state index in [9.17, 15) is 48.1 Å². The van der Waals surface area contributed by atoms with Gasteiger partial charge in [0.15, 0.2) is 12.4 Å². The molecule has 2 aliphatic heterocycles. The van der Waals surface area contributed by atoms with Gasteiger partial charge in [-0.2, -0.15) is 8.42 Å². The molecule has 2 rings (SSSR count). The average molecular weight is 489 g/mol. The molecule has 2 aliphatic rings. The number of carboxylic acid groups (broad SMARTS) is 1. The Labute approximate surface area is 182 Å². The fraction of sp³-hybridized carbons (Fsp3) is 0.875. The molecule has 2 saturated heterocycles. The van der Waals surface area contributed by atoms with Crippen LogP contribution in [0.5, 0.6) is 0 Å². The van der Waals surface area contributed by atoms with Crippen molar-refractivity contribution in [1.29, 1.82) is 0 Å². The molecule has 9 atom stereocenters. The Morgan fingerprint density at radius 3 is 2.16 bits per heavy atom. The van der Waals surface area contributed by atoms with Gasteiger partial charge in [-0.1, -0.05) is 0 Å². The second kappa shape index (κ2) is 9.80. The van der Waals surface area contributed by atoms with Gasteiger partial charge < -0.3 is 45.1 Å². The summed E-state index contributed by atoms with van der Waals surface area (Å²) in [4.78, 5) is 23.1. The highest BCUT2D eigenvalue weighted by Crippen LogP contribution is 2.35. The molecular weight excluding hydrogens is 462 g/mol. The Balaban J connectivity index is 2.49. The second-order valence-corrected chi connectivity index (χ2v) is 8.99. The largest absolute Gasteiger partial charge is 0.479 e. The van der Waals surface area contributed by atoms with Crippen molar-refractivity contribution in [2.24, 2.45) is 0 Å². The molecule has 0 bridgehead atoms. The van der Waals surface area contributed by atoms with Crippen molar-refractivity contribution in [1.82, 2.24) is 5.32 Å². The van der Waals surface area contributed by atoms with E-state index in [2.05, 4.69) is 9.50 Å². The zero-order valence-electron chi connectivity index (χ0n) is 17.3. The summed E-state index contributed by atoms with van der Waals surface area (Å²) in [6, 6.07) is -1.25. The van der Waals surface area contributed by atoms with Crippen LogP contribution in [0.3, 0.4) is 0 Å². The number of amides is 1. The third-order valence-electron chi connectivity index (χ3n) is 5.10. The summed E-state index contributed by atoms with van der Waals surface area (Å²) >= 11 is 0. The first kappa shape index (κ1) is 26.8. The molecule has 0 aliphatic carbocycles. The van der Waals surface area contributed by atoms with Gasteiger partial charge in [0.25, 0.3) is 0 Å². The molecule has 32 heavy (non-hydrogen) atoms. The summed E-state index contributed by atoms with van der Waals surface area (Å²) in [7, 11) is -5.16. The van der Waals surface area contributed by atoms with Crippen LogP contribution in [0, 0.1) is 0 Å². The minimum absolute atomic E-state index is 0.627. The summed E-state index contributed by atoms with van der Waals surface area (Å²) < 4.78 is 52.8. The van der Waals surface area contributed by atoms with E-state index < -0.39 is 89.5 Å². The predicted molar refractivity (Wildman–Crippen MR) is 99.3 cm³/mol. The first-order valence-corrected chi connectivity index (χ1v) is 10.7. The van der Waals surface area contributed by atoms with Crippen molar-refractivity contribution in [3.8, 4) is 0 Å². The van der Waals surface area contributed by atoms with E-state index in [1.807, 2.05) is 0 Å². The summed E-state index contributed by atoms with van der Waals surface area (Å²) in [5, 5.41) is 51.4. The number of aliphatic hydroxyl groups is 4. The lowest BCUT2D eigenvalue weighted by molar-refractivity contribution is -0.329. The number of nitrogens with one attached hydrogen (secondary N) is 1. The molecule has 0 saturated carbocycles. The number of aliphatic hydroxyl groups excluding tert-OH is 4. The van der Waals surface area contributed by atoms with Gasteiger partial charge in [0.2, 0.25) is 5.91 Å². The van der Waals surface area contributed by atoms with Gasteiger partial charge in [0.1, 0.15) is 36.6 Å². The van der Waals surface area contributed by atoms with Crippen molar-refractivity contribution in [3.63, 3.8) is 0 Å². The number of hydrogen-bond acceptors (Lipinski definition) is 12. The number of carboxylic acids is 1. The molecule has 16 heteroatoms. The van der Waals surface area contributed by atoms with Crippen LogP contribution in [0.25, 0.3) is 0 Å². The molecule has 0 radical (unpaired) electrons. The SMILES string of the molecule is CC(=O)NC1C(OC2OC(C(=O)O)C(O)C(O)C2O)C(OS(=O)(=O)O)C(CO)OC1(C)C. The van der Waals surface area contributed by atoms with Crippen LogP contribution in [0.1, 0.15) is 20.8 Å². The maximum atomic E-state index is 11.8. The average Bonchev–Trinajstić information content (AvgIpc) is 2.65. The van der Waals surface area contributed by atoms with Crippen LogP contribution in [0.4, 0.5) is 0 Å². The number of carbonyl (C=O) groups excluding carboxylic acids is 1. The van der Waals surface area contributed by atoms with Gasteiger partial charge in [-0.05, 0) is 13.8 Å². The van der Waals surface area contributed by atoms with Crippen LogP contribution >= 0.6 is 0 Å².